The minimum atomic E-state index is -0.779. The fraction of sp³-hybridized carbons (Fsp3) is 0.625. The van der Waals surface area contributed by atoms with Crippen molar-refractivity contribution in [3.8, 4) is 0 Å². The number of nitrogens with zero attached hydrogens (tertiary/aromatic N) is 1. The molecule has 1 aliphatic heterocycles. The Morgan fingerprint density at radius 3 is 2.75 bits per heavy atom. The number of aliphatic hydroxyl groups is 1. The third kappa shape index (κ3) is 1.13. The minimum absolute atomic E-state index is 0.160. The van der Waals surface area contributed by atoms with Crippen LogP contribution in [0.15, 0.2) is 12.2 Å². The summed E-state index contributed by atoms with van der Waals surface area (Å²) in [4.78, 5) is 12.2. The quantitative estimate of drug-likeness (QED) is 0.439. The van der Waals surface area contributed by atoms with E-state index in [0.717, 1.165) is 0 Å². The highest BCUT2D eigenvalue weighted by atomic mass is 16.4. The lowest BCUT2D eigenvalue weighted by molar-refractivity contribution is -0.137. The van der Waals surface area contributed by atoms with Gasteiger partial charge in [0, 0.05) is 12.6 Å². The van der Waals surface area contributed by atoms with Crippen LogP contribution in [0.1, 0.15) is 6.42 Å². The van der Waals surface area contributed by atoms with E-state index < -0.39 is 5.97 Å². The number of carbonyl (C=O) groups is 1. The molecule has 2 N–H and O–H groups in total. The first-order valence-electron chi connectivity index (χ1n) is 4.04. The van der Waals surface area contributed by atoms with E-state index in [9.17, 15) is 9.90 Å². The molecule has 12 heavy (non-hydrogen) atoms. The van der Waals surface area contributed by atoms with Crippen LogP contribution in [0, 0.1) is 0 Å². The first kappa shape index (κ1) is 7.76. The molecule has 1 aliphatic carbocycles. The van der Waals surface area contributed by atoms with E-state index in [-0.39, 0.29) is 18.6 Å². The van der Waals surface area contributed by atoms with Crippen molar-refractivity contribution in [1.29, 1.82) is 0 Å². The van der Waals surface area contributed by atoms with Crippen LogP contribution in [0.25, 0.3) is 0 Å². The summed E-state index contributed by atoms with van der Waals surface area (Å²) in [5.74, 6) is -0.779. The van der Waals surface area contributed by atoms with Crippen LogP contribution >= 0.6 is 0 Å². The average molecular weight is 169 g/mol. The number of rotatable bonds is 3. The predicted octanol–water partition coefficient (Wildman–Crippen LogP) is -0.555. The van der Waals surface area contributed by atoms with Gasteiger partial charge >= 0.3 is 5.97 Å². The summed E-state index contributed by atoms with van der Waals surface area (Å²) in [6, 6.07) is 0.476. The number of hydrogen-bond acceptors (Lipinski definition) is 3. The summed E-state index contributed by atoms with van der Waals surface area (Å²) in [7, 11) is 0. The Hall–Kier alpha value is -0.870. The van der Waals surface area contributed by atoms with E-state index in [1.54, 1.807) is 6.08 Å². The van der Waals surface area contributed by atoms with Crippen molar-refractivity contribution in [3.63, 3.8) is 0 Å². The summed E-state index contributed by atoms with van der Waals surface area (Å²) in [6.45, 7) is 0.548. The van der Waals surface area contributed by atoms with Crippen molar-refractivity contribution < 1.29 is 15.0 Å². The van der Waals surface area contributed by atoms with Gasteiger partial charge in [-0.15, -0.1) is 0 Å². The van der Waals surface area contributed by atoms with E-state index in [1.807, 2.05) is 11.0 Å². The van der Waals surface area contributed by atoms with Gasteiger partial charge in [0.2, 0.25) is 0 Å². The lowest BCUT2D eigenvalue weighted by Crippen LogP contribution is -2.18. The molecular weight excluding hydrogens is 158 g/mol. The van der Waals surface area contributed by atoms with Gasteiger partial charge in [-0.05, 0) is 0 Å². The second-order valence-corrected chi connectivity index (χ2v) is 3.24. The zero-order valence-corrected chi connectivity index (χ0v) is 6.55. The van der Waals surface area contributed by atoms with E-state index in [1.165, 1.54) is 0 Å². The molecule has 1 fully saturated rings. The van der Waals surface area contributed by atoms with Gasteiger partial charge < -0.3 is 10.2 Å². The Balaban J connectivity index is 1.81. The molecule has 4 nitrogen and oxygen atoms in total. The fourth-order valence-electron chi connectivity index (χ4n) is 1.80. The molecule has 2 aliphatic rings. The molecule has 2 rings (SSSR count). The maximum atomic E-state index is 10.2. The van der Waals surface area contributed by atoms with Gasteiger partial charge in [0.25, 0.3) is 0 Å². The molecule has 0 aromatic carbocycles. The van der Waals surface area contributed by atoms with E-state index in [4.69, 9.17) is 5.11 Å². The summed E-state index contributed by atoms with van der Waals surface area (Å²) >= 11 is 0. The van der Waals surface area contributed by atoms with E-state index >= 15 is 0 Å². The maximum absolute atomic E-state index is 10.2. The highest BCUT2D eigenvalue weighted by Crippen LogP contribution is 2.37. The molecule has 0 aromatic rings. The molecule has 0 bridgehead atoms. The van der Waals surface area contributed by atoms with Gasteiger partial charge in [-0.2, -0.15) is 0 Å². The Labute approximate surface area is 70.1 Å². The Morgan fingerprint density at radius 2 is 2.25 bits per heavy atom. The van der Waals surface area contributed by atoms with Crippen molar-refractivity contribution in [1.82, 2.24) is 4.90 Å². The van der Waals surface area contributed by atoms with Crippen LogP contribution in [0.4, 0.5) is 0 Å². The molecule has 0 aromatic heterocycles. The lowest BCUT2D eigenvalue weighted by atomic mass is 10.3. The average Bonchev–Trinajstić information content (AvgIpc) is 2.58. The standard InChI is InChI=1S/C8H11NO3/c10-6-2-1-5-8(6)9(5)4-3-7(11)12/h1-2,5-6,8,10H,3-4H2,(H,11,12)/t5-,6-,8-,9?/m0/s1. The fourth-order valence-corrected chi connectivity index (χ4v) is 1.80. The Bertz CT molecular complexity index is 238. The van der Waals surface area contributed by atoms with E-state index in [0.29, 0.717) is 12.6 Å². The summed E-state index contributed by atoms with van der Waals surface area (Å²) in [5.41, 5.74) is 0. The maximum Gasteiger partial charge on any atom is 0.304 e. The molecule has 1 saturated heterocycles. The van der Waals surface area contributed by atoms with Crippen LogP contribution in [0.3, 0.4) is 0 Å². The number of aliphatic hydroxyl groups excluding tert-OH is 1. The van der Waals surface area contributed by atoms with Gasteiger partial charge in [0.1, 0.15) is 0 Å². The summed E-state index contributed by atoms with van der Waals surface area (Å²) in [6.07, 6.45) is 3.49. The first-order valence-corrected chi connectivity index (χ1v) is 4.04. The SMILES string of the molecule is O=C(O)CCN1[C@@H]2[C@@H](O)C=C[C@@H]21. The monoisotopic (exact) mass is 169 g/mol. The molecule has 0 radical (unpaired) electrons. The van der Waals surface area contributed by atoms with Gasteiger partial charge in [-0.3, -0.25) is 9.69 Å². The third-order valence-corrected chi connectivity index (χ3v) is 2.47. The second-order valence-electron chi connectivity index (χ2n) is 3.24. The molecule has 66 valence electrons. The molecule has 0 saturated carbocycles. The Morgan fingerprint density at radius 1 is 1.50 bits per heavy atom. The van der Waals surface area contributed by atoms with Crippen LogP contribution in [0.2, 0.25) is 0 Å². The van der Waals surface area contributed by atoms with Crippen molar-refractivity contribution in [2.75, 3.05) is 6.54 Å². The topological polar surface area (TPSA) is 60.5 Å². The largest absolute Gasteiger partial charge is 0.481 e. The van der Waals surface area contributed by atoms with Crippen LogP contribution in [0.5, 0.6) is 0 Å². The number of hydrogen-bond donors (Lipinski definition) is 2. The number of fused-ring (bicyclic) bond motifs is 1. The van der Waals surface area contributed by atoms with Crippen molar-refractivity contribution in [3.05, 3.63) is 12.2 Å². The molecule has 4 heteroatoms. The van der Waals surface area contributed by atoms with Crippen molar-refractivity contribution in [2.24, 2.45) is 0 Å². The summed E-state index contributed by atoms with van der Waals surface area (Å²) < 4.78 is 0. The van der Waals surface area contributed by atoms with Gasteiger partial charge in [-0.25, -0.2) is 0 Å². The van der Waals surface area contributed by atoms with Gasteiger partial charge in [0.05, 0.1) is 18.6 Å². The Kier molecular flexibility index (Phi) is 1.66. The minimum Gasteiger partial charge on any atom is -0.481 e. The normalized spacial score (nSPS) is 42.8. The van der Waals surface area contributed by atoms with Gasteiger partial charge in [-0.1, -0.05) is 12.2 Å². The highest BCUT2D eigenvalue weighted by Gasteiger charge is 2.52. The molecule has 0 spiro atoms. The summed E-state index contributed by atoms with van der Waals surface area (Å²) in [5, 5.41) is 17.7. The first-order chi connectivity index (χ1) is 5.70. The molecule has 1 heterocycles. The van der Waals surface area contributed by atoms with E-state index in [2.05, 4.69) is 0 Å². The molecule has 0 amide bonds. The third-order valence-electron chi connectivity index (χ3n) is 2.47. The zero-order chi connectivity index (χ0) is 8.72. The highest BCUT2D eigenvalue weighted by molar-refractivity contribution is 5.67. The second kappa shape index (κ2) is 2.57. The van der Waals surface area contributed by atoms with Crippen LogP contribution < -0.4 is 0 Å². The molecular formula is C8H11NO3. The van der Waals surface area contributed by atoms with Gasteiger partial charge in [0.15, 0.2) is 0 Å². The zero-order valence-electron chi connectivity index (χ0n) is 6.55. The predicted molar refractivity (Wildman–Crippen MR) is 41.7 cm³/mol. The number of carboxylic acid groups (broad SMARTS) is 1. The van der Waals surface area contributed by atoms with Crippen molar-refractivity contribution >= 4 is 5.97 Å². The smallest absolute Gasteiger partial charge is 0.304 e. The molecule has 1 unspecified atom stereocenters. The van der Waals surface area contributed by atoms with Crippen molar-refractivity contribution in [2.45, 2.75) is 24.6 Å². The lowest BCUT2D eigenvalue weighted by Gasteiger charge is -2.05. The van der Waals surface area contributed by atoms with Crippen LogP contribution in [-0.4, -0.2) is 45.8 Å². The van der Waals surface area contributed by atoms with Crippen LogP contribution in [-0.2, 0) is 4.79 Å². The number of aliphatic carboxylic acids is 1. The molecule has 4 atom stereocenters. The number of carboxylic acids is 1.